The molecule has 0 unspecified atom stereocenters. The number of carbonyl (C=O) groups is 3. The largest absolute Gasteiger partial charge is 0.465 e. The summed E-state index contributed by atoms with van der Waals surface area (Å²) in [6, 6.07) is 11.2. The number of ether oxygens (including phenoxy) is 1. The molecule has 1 N–H and O–H groups in total. The Balaban J connectivity index is 1.52. The lowest BCUT2D eigenvalue weighted by Crippen LogP contribution is -2.32. The van der Waals surface area contributed by atoms with Crippen LogP contribution in [0.2, 0.25) is 0 Å². The van der Waals surface area contributed by atoms with Crippen LogP contribution in [0.5, 0.6) is 0 Å². The van der Waals surface area contributed by atoms with E-state index in [0.29, 0.717) is 40.5 Å². The number of nitrogens with one attached hydrogen (secondary N) is 1. The third-order valence-corrected chi connectivity index (χ3v) is 5.77. The highest BCUT2D eigenvalue weighted by Crippen LogP contribution is 2.34. The molecule has 1 fully saturated rings. The second-order valence-corrected chi connectivity index (χ2v) is 8.40. The van der Waals surface area contributed by atoms with Crippen LogP contribution in [0.15, 0.2) is 54.9 Å². The van der Waals surface area contributed by atoms with Gasteiger partial charge in [-0.05, 0) is 54.7 Å². The van der Waals surface area contributed by atoms with Crippen LogP contribution in [-0.2, 0) is 16.1 Å². The SMILES string of the molecule is COC(=O)c1cc(-c2ccc(C(=O)NCc3ccc(F)nc3)cn2)ccc1N(CC1CC1)C(C)=O. The fraction of sp³-hybridized carbons (Fsp3) is 0.269. The number of carbonyl (C=O) groups excluding carboxylic acids is 3. The lowest BCUT2D eigenvalue weighted by molar-refractivity contribution is -0.116. The Morgan fingerprint density at radius 1 is 1.09 bits per heavy atom. The van der Waals surface area contributed by atoms with Gasteiger partial charge >= 0.3 is 5.97 Å². The van der Waals surface area contributed by atoms with Crippen molar-refractivity contribution in [3.63, 3.8) is 0 Å². The predicted octanol–water partition coefficient (Wildman–Crippen LogP) is 3.76. The monoisotopic (exact) mass is 476 g/mol. The van der Waals surface area contributed by atoms with Crippen molar-refractivity contribution in [3.8, 4) is 11.3 Å². The molecular formula is C26H25FN4O4. The van der Waals surface area contributed by atoms with E-state index in [-0.39, 0.29) is 23.9 Å². The number of benzene rings is 1. The molecule has 0 bridgehead atoms. The summed E-state index contributed by atoms with van der Waals surface area (Å²) in [7, 11) is 1.30. The molecule has 180 valence electrons. The van der Waals surface area contributed by atoms with Crippen LogP contribution in [-0.4, -0.2) is 41.4 Å². The molecule has 0 saturated heterocycles. The van der Waals surface area contributed by atoms with Crippen LogP contribution >= 0.6 is 0 Å². The standard InChI is InChI=1S/C26H25FN4O4/c1-16(32)31(15-17-3-4-17)23-9-7-19(11-21(23)26(34)35-2)22-8-6-20(14-28-22)25(33)30-13-18-5-10-24(27)29-12-18/h5-12,14,17H,3-4,13,15H2,1-2H3,(H,30,33). The van der Waals surface area contributed by atoms with Crippen molar-refractivity contribution in [2.24, 2.45) is 5.92 Å². The van der Waals surface area contributed by atoms with Crippen molar-refractivity contribution in [2.75, 3.05) is 18.6 Å². The second-order valence-electron chi connectivity index (χ2n) is 8.40. The zero-order valence-corrected chi connectivity index (χ0v) is 19.5. The van der Waals surface area contributed by atoms with Gasteiger partial charge in [-0.2, -0.15) is 4.39 Å². The van der Waals surface area contributed by atoms with Gasteiger partial charge < -0.3 is 15.0 Å². The van der Waals surface area contributed by atoms with E-state index < -0.39 is 11.9 Å². The topological polar surface area (TPSA) is 101 Å². The number of nitrogens with zero attached hydrogens (tertiary/aromatic N) is 3. The maximum Gasteiger partial charge on any atom is 0.340 e. The Bertz CT molecular complexity index is 1240. The second kappa shape index (κ2) is 10.4. The number of anilines is 1. The molecule has 2 amide bonds. The molecule has 3 aromatic rings. The first-order valence-corrected chi connectivity index (χ1v) is 11.2. The summed E-state index contributed by atoms with van der Waals surface area (Å²) in [6.07, 6.45) is 4.94. The van der Waals surface area contributed by atoms with Crippen LogP contribution in [0.4, 0.5) is 10.1 Å². The molecule has 35 heavy (non-hydrogen) atoms. The molecule has 1 aliphatic carbocycles. The van der Waals surface area contributed by atoms with Gasteiger partial charge in [-0.3, -0.25) is 14.6 Å². The molecule has 2 aromatic heterocycles. The molecule has 1 aromatic carbocycles. The van der Waals surface area contributed by atoms with Crippen molar-refractivity contribution >= 4 is 23.5 Å². The number of rotatable bonds is 8. The Morgan fingerprint density at radius 2 is 1.89 bits per heavy atom. The fourth-order valence-electron chi connectivity index (χ4n) is 3.65. The van der Waals surface area contributed by atoms with Crippen LogP contribution in [0.25, 0.3) is 11.3 Å². The van der Waals surface area contributed by atoms with E-state index in [2.05, 4.69) is 15.3 Å². The molecule has 4 rings (SSSR count). The zero-order chi connectivity index (χ0) is 24.9. The number of hydrogen-bond acceptors (Lipinski definition) is 6. The van der Waals surface area contributed by atoms with Crippen LogP contribution < -0.4 is 10.2 Å². The molecular weight excluding hydrogens is 451 g/mol. The van der Waals surface area contributed by atoms with Gasteiger partial charge in [-0.1, -0.05) is 12.1 Å². The maximum atomic E-state index is 12.9. The number of aromatic nitrogens is 2. The summed E-state index contributed by atoms with van der Waals surface area (Å²) in [6.45, 7) is 2.25. The maximum absolute atomic E-state index is 12.9. The first-order chi connectivity index (χ1) is 16.9. The molecule has 0 radical (unpaired) electrons. The fourth-order valence-corrected chi connectivity index (χ4v) is 3.65. The Labute approximate surface area is 202 Å². The number of pyridine rings is 2. The van der Waals surface area contributed by atoms with Gasteiger partial charge in [0.05, 0.1) is 29.6 Å². The van der Waals surface area contributed by atoms with E-state index in [1.165, 1.54) is 32.5 Å². The molecule has 0 spiro atoms. The van der Waals surface area contributed by atoms with Crippen LogP contribution in [0, 0.1) is 11.9 Å². The van der Waals surface area contributed by atoms with Crippen LogP contribution in [0.3, 0.4) is 0 Å². The average molecular weight is 477 g/mol. The van der Waals surface area contributed by atoms with Gasteiger partial charge in [0.25, 0.3) is 5.91 Å². The van der Waals surface area contributed by atoms with E-state index in [4.69, 9.17) is 4.74 Å². The van der Waals surface area contributed by atoms with E-state index in [1.807, 2.05) is 0 Å². The summed E-state index contributed by atoms with van der Waals surface area (Å²) in [4.78, 5) is 46.8. The Kier molecular flexibility index (Phi) is 7.14. The minimum atomic E-state index is -0.583. The summed E-state index contributed by atoms with van der Waals surface area (Å²) in [5, 5.41) is 2.74. The number of esters is 1. The Hall–Kier alpha value is -4.14. The van der Waals surface area contributed by atoms with Gasteiger partial charge in [-0.25, -0.2) is 9.78 Å². The van der Waals surface area contributed by atoms with Gasteiger partial charge in [0, 0.05) is 38.0 Å². The molecule has 1 saturated carbocycles. The molecule has 9 heteroatoms. The molecule has 1 aliphatic rings. The highest BCUT2D eigenvalue weighted by atomic mass is 19.1. The summed E-state index contributed by atoms with van der Waals surface area (Å²) in [5.41, 5.74) is 3.00. The normalized spacial score (nSPS) is 12.7. The van der Waals surface area contributed by atoms with Crippen LogP contribution in [0.1, 0.15) is 46.0 Å². The summed E-state index contributed by atoms with van der Waals surface area (Å²) >= 11 is 0. The van der Waals surface area contributed by atoms with E-state index in [1.54, 1.807) is 41.3 Å². The molecule has 0 atom stereocenters. The van der Waals surface area contributed by atoms with E-state index in [0.717, 1.165) is 12.8 Å². The quantitative estimate of drug-likeness (QED) is 0.392. The van der Waals surface area contributed by atoms with Crippen molar-refractivity contribution < 1.29 is 23.5 Å². The van der Waals surface area contributed by atoms with Gasteiger partial charge in [-0.15, -0.1) is 0 Å². The van der Waals surface area contributed by atoms with E-state index in [9.17, 15) is 18.8 Å². The van der Waals surface area contributed by atoms with Gasteiger partial charge in [0.1, 0.15) is 0 Å². The third-order valence-electron chi connectivity index (χ3n) is 5.77. The lowest BCUT2D eigenvalue weighted by Gasteiger charge is -2.23. The highest BCUT2D eigenvalue weighted by Gasteiger charge is 2.29. The Morgan fingerprint density at radius 3 is 2.49 bits per heavy atom. The van der Waals surface area contributed by atoms with Gasteiger partial charge in [0.15, 0.2) is 0 Å². The minimum absolute atomic E-state index is 0.139. The number of hydrogen-bond donors (Lipinski definition) is 1. The van der Waals surface area contributed by atoms with Gasteiger partial charge in [0.2, 0.25) is 11.9 Å². The smallest absolute Gasteiger partial charge is 0.340 e. The lowest BCUT2D eigenvalue weighted by atomic mass is 10.0. The molecule has 2 heterocycles. The minimum Gasteiger partial charge on any atom is -0.465 e. The summed E-state index contributed by atoms with van der Waals surface area (Å²) < 4.78 is 17.9. The third kappa shape index (κ3) is 5.87. The highest BCUT2D eigenvalue weighted by molar-refractivity contribution is 6.03. The first-order valence-electron chi connectivity index (χ1n) is 11.2. The molecule has 0 aliphatic heterocycles. The van der Waals surface area contributed by atoms with Crippen molar-refractivity contribution in [1.82, 2.24) is 15.3 Å². The van der Waals surface area contributed by atoms with Crippen molar-refractivity contribution in [3.05, 3.63) is 77.5 Å². The number of halogens is 1. The van der Waals surface area contributed by atoms with Crippen molar-refractivity contribution in [2.45, 2.75) is 26.3 Å². The van der Waals surface area contributed by atoms with Crippen molar-refractivity contribution in [1.29, 1.82) is 0 Å². The zero-order valence-electron chi connectivity index (χ0n) is 19.5. The first kappa shape index (κ1) is 24.0. The average Bonchev–Trinajstić information content (AvgIpc) is 3.70. The number of amides is 2. The molecule has 8 nitrogen and oxygen atoms in total. The predicted molar refractivity (Wildman–Crippen MR) is 127 cm³/mol. The summed E-state index contributed by atoms with van der Waals surface area (Å²) in [5.74, 6) is -1.16. The van der Waals surface area contributed by atoms with E-state index >= 15 is 0 Å². The number of methoxy groups -OCH3 is 1.